The van der Waals surface area contributed by atoms with Crippen LogP contribution in [-0.2, 0) is 4.79 Å². The summed E-state index contributed by atoms with van der Waals surface area (Å²) in [6.07, 6.45) is 0. The van der Waals surface area contributed by atoms with Crippen LogP contribution in [0.3, 0.4) is 0 Å². The van der Waals surface area contributed by atoms with E-state index in [1.54, 1.807) is 32.3 Å². The molecule has 6 nitrogen and oxygen atoms in total. The molecule has 0 aliphatic heterocycles. The summed E-state index contributed by atoms with van der Waals surface area (Å²) in [4.78, 5) is 26.4. The lowest BCUT2D eigenvalue weighted by Crippen LogP contribution is -2.37. The lowest BCUT2D eigenvalue weighted by molar-refractivity contribution is -0.127. The highest BCUT2D eigenvalue weighted by molar-refractivity contribution is 6.01. The highest BCUT2D eigenvalue weighted by Crippen LogP contribution is 2.26. The Kier molecular flexibility index (Phi) is 4.74. The largest absolute Gasteiger partial charge is 0.396 e. The van der Waals surface area contributed by atoms with Gasteiger partial charge >= 0.3 is 0 Å². The van der Waals surface area contributed by atoms with E-state index in [9.17, 15) is 9.59 Å². The van der Waals surface area contributed by atoms with Crippen LogP contribution in [0.1, 0.15) is 17.3 Å². The summed E-state index contributed by atoms with van der Waals surface area (Å²) in [5.41, 5.74) is 12.4. The number of hydrogen-bond donors (Lipinski definition) is 2. The number of nitrogen functional groups attached to an aromatic ring is 1. The Morgan fingerprint density at radius 3 is 2.37 bits per heavy atom. The second-order valence-electron chi connectivity index (χ2n) is 4.40. The van der Waals surface area contributed by atoms with Gasteiger partial charge in [-0.05, 0) is 19.1 Å². The number of carbonyl (C=O) groups is 2. The van der Waals surface area contributed by atoms with E-state index in [4.69, 9.17) is 11.5 Å². The van der Waals surface area contributed by atoms with E-state index in [1.807, 2.05) is 11.8 Å². The molecule has 0 heterocycles. The zero-order valence-corrected chi connectivity index (χ0v) is 11.5. The zero-order chi connectivity index (χ0) is 14.6. The first kappa shape index (κ1) is 14.8. The molecule has 6 heteroatoms. The summed E-state index contributed by atoms with van der Waals surface area (Å²) in [5, 5.41) is 0. The number of anilines is 2. The molecule has 2 amide bonds. The van der Waals surface area contributed by atoms with E-state index in [1.165, 1.54) is 4.90 Å². The van der Waals surface area contributed by atoms with Gasteiger partial charge in [0.05, 0.1) is 23.5 Å². The van der Waals surface area contributed by atoms with E-state index in [-0.39, 0.29) is 18.0 Å². The fourth-order valence-electron chi connectivity index (χ4n) is 1.72. The van der Waals surface area contributed by atoms with E-state index in [2.05, 4.69) is 0 Å². The van der Waals surface area contributed by atoms with Crippen LogP contribution in [-0.4, -0.2) is 43.9 Å². The summed E-state index contributed by atoms with van der Waals surface area (Å²) in [5.74, 6) is -0.611. The molecule has 0 fully saturated rings. The second-order valence-corrected chi connectivity index (χ2v) is 4.40. The van der Waals surface area contributed by atoms with Gasteiger partial charge in [0.15, 0.2) is 0 Å². The number of amides is 2. The molecule has 1 aromatic rings. The molecule has 19 heavy (non-hydrogen) atoms. The normalized spacial score (nSPS) is 10.1. The predicted molar refractivity (Wildman–Crippen MR) is 76.0 cm³/mol. The smallest absolute Gasteiger partial charge is 0.250 e. The lowest BCUT2D eigenvalue weighted by Gasteiger charge is -2.26. The van der Waals surface area contributed by atoms with Gasteiger partial charge in [-0.25, -0.2) is 0 Å². The van der Waals surface area contributed by atoms with Gasteiger partial charge in [-0.1, -0.05) is 6.07 Å². The Morgan fingerprint density at radius 1 is 1.26 bits per heavy atom. The quantitative estimate of drug-likeness (QED) is 0.747. The van der Waals surface area contributed by atoms with Gasteiger partial charge in [-0.3, -0.25) is 9.59 Å². The van der Waals surface area contributed by atoms with Gasteiger partial charge < -0.3 is 21.3 Å². The number of rotatable bonds is 5. The van der Waals surface area contributed by atoms with Gasteiger partial charge in [0.25, 0.3) is 5.91 Å². The number of primary amides is 1. The molecule has 4 N–H and O–H groups in total. The van der Waals surface area contributed by atoms with Crippen LogP contribution < -0.4 is 16.4 Å². The van der Waals surface area contributed by atoms with Gasteiger partial charge in [0, 0.05) is 20.6 Å². The number of likely N-dealkylation sites (N-methyl/N-ethyl adjacent to an activating group) is 2. The molecule has 1 aromatic carbocycles. The topological polar surface area (TPSA) is 92.7 Å². The minimum atomic E-state index is -0.575. The van der Waals surface area contributed by atoms with Crippen LogP contribution in [0.2, 0.25) is 0 Å². The van der Waals surface area contributed by atoms with Crippen molar-refractivity contribution in [3.05, 3.63) is 23.8 Å². The van der Waals surface area contributed by atoms with E-state index >= 15 is 0 Å². The van der Waals surface area contributed by atoms with E-state index in [0.717, 1.165) is 0 Å². The number of benzene rings is 1. The van der Waals surface area contributed by atoms with Crippen LogP contribution >= 0.6 is 0 Å². The van der Waals surface area contributed by atoms with Crippen molar-refractivity contribution in [2.24, 2.45) is 5.73 Å². The Labute approximate surface area is 113 Å². The highest BCUT2D eigenvalue weighted by Gasteiger charge is 2.16. The third kappa shape index (κ3) is 3.37. The number of nitrogens with two attached hydrogens (primary N) is 2. The Hall–Kier alpha value is -2.24. The van der Waals surface area contributed by atoms with Gasteiger partial charge in [0.2, 0.25) is 5.91 Å². The molecule has 104 valence electrons. The van der Waals surface area contributed by atoms with Gasteiger partial charge in [-0.2, -0.15) is 0 Å². The number of carbonyl (C=O) groups excluding carboxylic acids is 2. The molecule has 1 rings (SSSR count). The van der Waals surface area contributed by atoms with Gasteiger partial charge in [0.1, 0.15) is 0 Å². The van der Waals surface area contributed by atoms with Crippen molar-refractivity contribution < 1.29 is 9.59 Å². The van der Waals surface area contributed by atoms with Crippen molar-refractivity contribution in [3.63, 3.8) is 0 Å². The Bertz CT molecular complexity index is 486. The number of hydrogen-bond acceptors (Lipinski definition) is 4. The molecule has 0 radical (unpaired) electrons. The molecule has 0 saturated carbocycles. The first-order valence-corrected chi connectivity index (χ1v) is 6.01. The third-order valence-electron chi connectivity index (χ3n) is 2.90. The lowest BCUT2D eigenvalue weighted by atomic mass is 10.1. The van der Waals surface area contributed by atoms with Crippen LogP contribution in [0.4, 0.5) is 11.4 Å². The maximum Gasteiger partial charge on any atom is 0.250 e. The first-order chi connectivity index (χ1) is 8.88. The fraction of sp³-hybridized carbons (Fsp3) is 0.385. The second kappa shape index (κ2) is 6.08. The van der Waals surface area contributed by atoms with Crippen LogP contribution in [0, 0.1) is 0 Å². The standard InChI is InChI=1S/C13H20N4O2/c1-4-17(8-11(18)16(2)3)10-7-5-6-9(12(10)14)13(15)19/h5-7H,4,8,14H2,1-3H3,(H2,15,19). The van der Waals surface area contributed by atoms with Crippen LogP contribution in [0.15, 0.2) is 18.2 Å². The summed E-state index contributed by atoms with van der Waals surface area (Å²) in [7, 11) is 3.39. The van der Waals surface area contributed by atoms with E-state index < -0.39 is 5.91 Å². The Morgan fingerprint density at radius 2 is 1.89 bits per heavy atom. The molecule has 0 aromatic heterocycles. The molecule has 0 saturated heterocycles. The van der Waals surface area contributed by atoms with E-state index in [0.29, 0.717) is 17.9 Å². The molecule has 0 atom stereocenters. The average molecular weight is 264 g/mol. The molecular formula is C13H20N4O2. The summed E-state index contributed by atoms with van der Waals surface area (Å²) in [6.45, 7) is 2.72. The van der Waals surface area contributed by atoms with Crippen molar-refractivity contribution in [3.8, 4) is 0 Å². The first-order valence-electron chi connectivity index (χ1n) is 6.01. The van der Waals surface area contributed by atoms with Crippen molar-refractivity contribution in [1.29, 1.82) is 0 Å². The number of para-hydroxylation sites is 1. The maximum absolute atomic E-state index is 11.8. The highest BCUT2D eigenvalue weighted by atomic mass is 16.2. The monoisotopic (exact) mass is 264 g/mol. The summed E-state index contributed by atoms with van der Waals surface area (Å²) < 4.78 is 0. The fourth-order valence-corrected chi connectivity index (χ4v) is 1.72. The van der Waals surface area contributed by atoms with Crippen LogP contribution in [0.25, 0.3) is 0 Å². The van der Waals surface area contributed by atoms with Crippen molar-refractivity contribution in [1.82, 2.24) is 4.90 Å². The van der Waals surface area contributed by atoms with Crippen molar-refractivity contribution in [2.45, 2.75) is 6.92 Å². The summed E-state index contributed by atoms with van der Waals surface area (Å²) >= 11 is 0. The van der Waals surface area contributed by atoms with Crippen molar-refractivity contribution in [2.75, 3.05) is 37.8 Å². The molecule has 0 aliphatic carbocycles. The molecule has 0 bridgehead atoms. The SMILES string of the molecule is CCN(CC(=O)N(C)C)c1cccc(C(N)=O)c1N. The minimum absolute atomic E-state index is 0.0364. The predicted octanol–water partition coefficient (Wildman–Crippen LogP) is 0.282. The summed E-state index contributed by atoms with van der Waals surface area (Å²) in [6, 6.07) is 5.05. The zero-order valence-electron chi connectivity index (χ0n) is 11.5. The van der Waals surface area contributed by atoms with Crippen LogP contribution in [0.5, 0.6) is 0 Å². The van der Waals surface area contributed by atoms with Gasteiger partial charge in [-0.15, -0.1) is 0 Å². The maximum atomic E-state index is 11.8. The van der Waals surface area contributed by atoms with Crippen molar-refractivity contribution >= 4 is 23.2 Å². The molecule has 0 spiro atoms. The number of nitrogens with zero attached hydrogens (tertiary/aromatic N) is 2. The average Bonchev–Trinajstić information content (AvgIpc) is 2.35. The third-order valence-corrected chi connectivity index (χ3v) is 2.90. The Balaban J connectivity index is 3.09. The molecule has 0 unspecified atom stereocenters. The molecular weight excluding hydrogens is 244 g/mol. The molecule has 0 aliphatic rings. The minimum Gasteiger partial charge on any atom is -0.396 e.